The smallest absolute Gasteiger partial charge is 0.273 e. The maximum Gasteiger partial charge on any atom is 0.273 e. The van der Waals surface area contributed by atoms with Crippen molar-refractivity contribution in [1.82, 2.24) is 10.0 Å². The number of hydrazine groups is 1. The maximum atomic E-state index is 13.8. The second kappa shape index (κ2) is 8.04. The molecule has 7 atom stereocenters. The third-order valence-electron chi connectivity index (χ3n) is 8.03. The minimum absolute atomic E-state index is 0.00575. The van der Waals surface area contributed by atoms with Crippen molar-refractivity contribution in [3.63, 3.8) is 0 Å². The molecule has 35 heavy (non-hydrogen) atoms. The van der Waals surface area contributed by atoms with E-state index in [4.69, 9.17) is 23.2 Å². The number of rotatable bonds is 5. The molecule has 178 valence electrons. The van der Waals surface area contributed by atoms with E-state index in [9.17, 15) is 19.2 Å². The molecule has 2 saturated carbocycles. The molecular formula is C27H22Cl2N2O4. The highest BCUT2D eigenvalue weighted by atomic mass is 35.5. The van der Waals surface area contributed by atoms with Crippen LogP contribution in [0.25, 0.3) is 0 Å². The van der Waals surface area contributed by atoms with Gasteiger partial charge in [0.05, 0.1) is 11.8 Å². The van der Waals surface area contributed by atoms with Crippen LogP contribution in [0.2, 0.25) is 10.0 Å². The quantitative estimate of drug-likeness (QED) is 0.334. The average Bonchev–Trinajstić information content (AvgIpc) is 3.64. The van der Waals surface area contributed by atoms with Crippen LogP contribution < -0.4 is 0 Å². The van der Waals surface area contributed by atoms with Crippen molar-refractivity contribution < 1.29 is 19.2 Å². The Kier molecular flexibility index (Phi) is 5.17. The zero-order valence-corrected chi connectivity index (χ0v) is 20.3. The van der Waals surface area contributed by atoms with Crippen molar-refractivity contribution in [2.75, 3.05) is 0 Å². The first-order valence-electron chi connectivity index (χ1n) is 11.7. The zero-order valence-electron chi connectivity index (χ0n) is 18.8. The van der Waals surface area contributed by atoms with Gasteiger partial charge in [-0.2, -0.15) is 5.01 Å². The van der Waals surface area contributed by atoms with Crippen LogP contribution in [0.3, 0.4) is 0 Å². The highest BCUT2D eigenvalue weighted by Gasteiger charge is 2.68. The molecule has 3 fully saturated rings. The molecule has 1 heterocycles. The third-order valence-corrected chi connectivity index (χ3v) is 8.53. The van der Waals surface area contributed by atoms with E-state index in [2.05, 4.69) is 12.2 Å². The summed E-state index contributed by atoms with van der Waals surface area (Å²) in [5.41, 5.74) is 0.555. The third kappa shape index (κ3) is 3.38. The second-order valence-corrected chi connectivity index (χ2v) is 10.7. The Bertz CT molecular complexity index is 1250. The van der Waals surface area contributed by atoms with Gasteiger partial charge in [-0.25, -0.2) is 5.01 Å². The predicted molar refractivity (Wildman–Crippen MR) is 129 cm³/mol. The minimum Gasteiger partial charge on any atom is -0.292 e. The average molecular weight is 509 g/mol. The van der Waals surface area contributed by atoms with Gasteiger partial charge in [0, 0.05) is 21.2 Å². The van der Waals surface area contributed by atoms with Crippen LogP contribution in [-0.2, 0) is 9.59 Å². The first-order chi connectivity index (χ1) is 16.8. The van der Waals surface area contributed by atoms with Crippen LogP contribution in [0.15, 0.2) is 60.7 Å². The molecule has 7 rings (SSSR count). The molecule has 0 radical (unpaired) electrons. The van der Waals surface area contributed by atoms with E-state index in [1.54, 1.807) is 36.4 Å². The molecular weight excluding hydrogens is 487 g/mol. The number of halogens is 2. The lowest BCUT2D eigenvalue weighted by Crippen LogP contribution is -2.56. The van der Waals surface area contributed by atoms with Crippen molar-refractivity contribution in [3.8, 4) is 0 Å². The molecule has 2 aromatic carbocycles. The monoisotopic (exact) mass is 508 g/mol. The lowest BCUT2D eigenvalue weighted by molar-refractivity contribution is -0.156. The Morgan fingerprint density at radius 1 is 0.829 bits per heavy atom. The minimum atomic E-state index is -1.10. The normalized spacial score (nSPS) is 30.7. The molecule has 1 aliphatic heterocycles. The summed E-state index contributed by atoms with van der Waals surface area (Å²) in [6, 6.07) is 11.4. The Morgan fingerprint density at radius 2 is 1.29 bits per heavy atom. The zero-order chi connectivity index (χ0) is 24.6. The van der Waals surface area contributed by atoms with Crippen molar-refractivity contribution in [3.05, 3.63) is 81.9 Å². The maximum absolute atomic E-state index is 13.8. The van der Waals surface area contributed by atoms with Gasteiger partial charge in [0.25, 0.3) is 17.7 Å². The molecule has 5 aliphatic rings. The van der Waals surface area contributed by atoms with Crippen molar-refractivity contribution in [1.29, 1.82) is 0 Å². The number of nitrogens with zero attached hydrogens (tertiary/aromatic N) is 2. The van der Waals surface area contributed by atoms with Crippen LogP contribution in [0, 0.1) is 35.5 Å². The summed E-state index contributed by atoms with van der Waals surface area (Å²) in [4.78, 5) is 54.8. The van der Waals surface area contributed by atoms with Crippen molar-refractivity contribution >= 4 is 46.7 Å². The molecule has 2 bridgehead atoms. The van der Waals surface area contributed by atoms with Crippen LogP contribution >= 0.6 is 23.2 Å². The number of Topliss-reactive ketones (excluding diaryl/α,β-unsaturated/α-hetero) is 1. The van der Waals surface area contributed by atoms with E-state index < -0.39 is 41.4 Å². The van der Waals surface area contributed by atoms with Gasteiger partial charge in [-0.3, -0.25) is 19.2 Å². The Morgan fingerprint density at radius 3 is 1.77 bits per heavy atom. The van der Waals surface area contributed by atoms with E-state index in [1.807, 2.05) is 0 Å². The second-order valence-electron chi connectivity index (χ2n) is 9.85. The van der Waals surface area contributed by atoms with Crippen LogP contribution in [0.4, 0.5) is 0 Å². The molecule has 0 spiro atoms. The van der Waals surface area contributed by atoms with E-state index >= 15 is 0 Å². The summed E-state index contributed by atoms with van der Waals surface area (Å²) in [5.74, 6) is -1.92. The fourth-order valence-electron chi connectivity index (χ4n) is 6.28. The van der Waals surface area contributed by atoms with Gasteiger partial charge >= 0.3 is 0 Å². The topological polar surface area (TPSA) is 74.8 Å². The number of carbonyl (C=O) groups is 4. The standard InChI is InChI=1S/C27H22Cl2N2O4/c1-13(24(32)14-2-6-16(28)7-3-14)30(25(33)15-4-8-17(29)9-5-15)31-26(34)22-18-10-11-19(21-12-20(18)21)23(22)27(31)35/h2-11,13,18-23H,12H2,1H3/t13-,18+,19+,20+,21+,22-,23-/m1/s1. The highest BCUT2D eigenvalue weighted by Crippen LogP contribution is 2.65. The number of hydrogen-bond donors (Lipinski definition) is 0. The lowest BCUT2D eigenvalue weighted by atomic mass is 9.63. The number of ketones is 1. The van der Waals surface area contributed by atoms with Gasteiger partial charge in [0.2, 0.25) is 0 Å². The van der Waals surface area contributed by atoms with E-state index in [1.165, 1.54) is 19.1 Å². The first kappa shape index (κ1) is 22.5. The van der Waals surface area contributed by atoms with Gasteiger partial charge < -0.3 is 0 Å². The molecule has 8 heteroatoms. The Labute approximate surface area is 212 Å². The molecule has 0 unspecified atom stereocenters. The summed E-state index contributed by atoms with van der Waals surface area (Å²) in [5, 5.41) is 2.93. The van der Waals surface area contributed by atoms with E-state index in [-0.39, 0.29) is 17.4 Å². The molecule has 3 amide bonds. The van der Waals surface area contributed by atoms with Gasteiger partial charge in [0.1, 0.15) is 6.04 Å². The van der Waals surface area contributed by atoms with Crippen LogP contribution in [0.5, 0.6) is 0 Å². The summed E-state index contributed by atoms with van der Waals surface area (Å²) in [7, 11) is 0. The molecule has 2 aromatic rings. The van der Waals surface area contributed by atoms with Gasteiger partial charge in [-0.05, 0) is 85.5 Å². The van der Waals surface area contributed by atoms with Gasteiger partial charge in [-0.15, -0.1) is 0 Å². The Hall–Kier alpha value is -2.96. The molecule has 4 aliphatic carbocycles. The lowest BCUT2D eigenvalue weighted by Gasteiger charge is -2.37. The summed E-state index contributed by atoms with van der Waals surface area (Å²) >= 11 is 12.0. The largest absolute Gasteiger partial charge is 0.292 e. The van der Waals surface area contributed by atoms with Gasteiger partial charge in [-0.1, -0.05) is 35.4 Å². The Balaban J connectivity index is 1.40. The predicted octanol–water partition coefficient (Wildman–Crippen LogP) is 4.68. The number of amides is 3. The number of allylic oxidation sites excluding steroid dienone is 2. The summed E-state index contributed by atoms with van der Waals surface area (Å²) in [6.45, 7) is 1.54. The number of hydrogen-bond acceptors (Lipinski definition) is 4. The molecule has 0 aromatic heterocycles. The first-order valence-corrected chi connectivity index (χ1v) is 12.5. The highest BCUT2D eigenvalue weighted by molar-refractivity contribution is 6.31. The molecule has 6 nitrogen and oxygen atoms in total. The van der Waals surface area contributed by atoms with Crippen molar-refractivity contribution in [2.45, 2.75) is 19.4 Å². The number of carbonyl (C=O) groups excluding carboxylic acids is 4. The SMILES string of the molecule is C[C@H](C(=O)c1ccc(Cl)cc1)N(C(=O)c1ccc(Cl)cc1)N1C(=O)[C@@H]2[C@H]3C=C[C@@H]([C@@H]4C[C@@H]34)[C@H]2C1=O. The van der Waals surface area contributed by atoms with E-state index in [0.717, 1.165) is 16.4 Å². The van der Waals surface area contributed by atoms with Crippen LogP contribution in [0.1, 0.15) is 34.1 Å². The summed E-state index contributed by atoms with van der Waals surface area (Å²) in [6.07, 6.45) is 5.18. The molecule has 0 N–H and O–H groups in total. The van der Waals surface area contributed by atoms with Crippen molar-refractivity contribution in [2.24, 2.45) is 35.5 Å². The molecule has 1 saturated heterocycles. The number of imide groups is 1. The van der Waals surface area contributed by atoms with Gasteiger partial charge in [0.15, 0.2) is 5.78 Å². The van der Waals surface area contributed by atoms with Crippen LogP contribution in [-0.4, -0.2) is 39.6 Å². The van der Waals surface area contributed by atoms with E-state index in [0.29, 0.717) is 27.4 Å². The summed E-state index contributed by atoms with van der Waals surface area (Å²) < 4.78 is 0. The number of benzene rings is 2. The fourth-order valence-corrected chi connectivity index (χ4v) is 6.54. The fraction of sp³-hybridized carbons (Fsp3) is 0.333.